The number of aliphatic hydroxyl groups is 2. The van der Waals surface area contributed by atoms with Crippen LogP contribution >= 0.6 is 0 Å². The van der Waals surface area contributed by atoms with Crippen molar-refractivity contribution in [3.63, 3.8) is 0 Å². The Bertz CT molecular complexity index is 1880. The van der Waals surface area contributed by atoms with Gasteiger partial charge < -0.3 is 30.1 Å². The summed E-state index contributed by atoms with van der Waals surface area (Å²) in [6.07, 6.45) is 3.89. The maximum absolute atomic E-state index is 15.8. The van der Waals surface area contributed by atoms with Crippen molar-refractivity contribution >= 4 is 29.4 Å². The van der Waals surface area contributed by atoms with Crippen molar-refractivity contribution in [1.82, 2.24) is 14.8 Å². The number of hydrogen-bond acceptors (Lipinski definition) is 9. The third kappa shape index (κ3) is 8.99. The number of benzene rings is 3. The van der Waals surface area contributed by atoms with Crippen molar-refractivity contribution in [3.8, 4) is 16.9 Å². The molecule has 10 nitrogen and oxygen atoms in total. The molecule has 51 heavy (non-hydrogen) atoms. The molecule has 5 rings (SSSR count). The Hall–Kier alpha value is -4.65. The molecule has 0 unspecified atom stereocenters. The second-order valence-corrected chi connectivity index (χ2v) is 13.0. The zero-order valence-corrected chi connectivity index (χ0v) is 29.8. The SMILES string of the molecule is COCc1cc(Nc2cccc(-c3cccc(/C=C(\F)c4ccc(CN(C)[C@H](CO)C(=O)O)c(OC)c4)c3C)c2C)ncc1CN1CC[C@H](O)C1. The monoisotopic (exact) mass is 698 g/mol. The zero-order chi connectivity index (χ0) is 36.7. The Morgan fingerprint density at radius 3 is 2.49 bits per heavy atom. The number of likely N-dealkylation sites (N-methyl/N-ethyl adjacent to an activating group) is 1. The van der Waals surface area contributed by atoms with Gasteiger partial charge in [-0.1, -0.05) is 42.5 Å². The number of halogens is 1. The van der Waals surface area contributed by atoms with Gasteiger partial charge in [-0.25, -0.2) is 9.37 Å². The van der Waals surface area contributed by atoms with Crippen molar-refractivity contribution < 1.29 is 34.0 Å². The van der Waals surface area contributed by atoms with Crippen molar-refractivity contribution in [3.05, 3.63) is 106 Å². The summed E-state index contributed by atoms with van der Waals surface area (Å²) in [6.45, 7) is 6.36. The third-order valence-electron chi connectivity index (χ3n) is 9.54. The molecule has 0 aliphatic carbocycles. The van der Waals surface area contributed by atoms with Crippen LogP contribution in [0.1, 0.15) is 45.4 Å². The molecular weight excluding hydrogens is 651 g/mol. The van der Waals surface area contributed by atoms with Crippen LogP contribution in [-0.2, 0) is 29.2 Å². The highest BCUT2D eigenvalue weighted by Gasteiger charge is 2.23. The summed E-state index contributed by atoms with van der Waals surface area (Å²) in [5, 5.41) is 32.3. The number of carboxylic acids is 1. The van der Waals surface area contributed by atoms with Crippen molar-refractivity contribution in [2.45, 2.75) is 52.1 Å². The molecule has 4 aromatic rings. The molecule has 0 spiro atoms. The van der Waals surface area contributed by atoms with Crippen LogP contribution in [0, 0.1) is 13.8 Å². The number of ether oxygens (including phenoxy) is 2. The fourth-order valence-corrected chi connectivity index (χ4v) is 6.55. The highest BCUT2D eigenvalue weighted by molar-refractivity contribution is 5.84. The van der Waals surface area contributed by atoms with Gasteiger partial charge in [-0.15, -0.1) is 0 Å². The largest absolute Gasteiger partial charge is 0.496 e. The first-order valence-corrected chi connectivity index (χ1v) is 16.9. The number of likely N-dealkylation sites (tertiary alicyclic amines) is 1. The van der Waals surface area contributed by atoms with E-state index in [-0.39, 0.29) is 12.6 Å². The molecule has 1 aromatic heterocycles. The number of rotatable bonds is 15. The van der Waals surface area contributed by atoms with E-state index in [0.717, 1.165) is 57.6 Å². The Kier molecular flexibility index (Phi) is 12.6. The van der Waals surface area contributed by atoms with Crippen molar-refractivity contribution in [2.24, 2.45) is 0 Å². The van der Waals surface area contributed by atoms with Gasteiger partial charge >= 0.3 is 5.97 Å². The van der Waals surface area contributed by atoms with Crippen LogP contribution in [0.3, 0.4) is 0 Å². The normalized spacial score (nSPS) is 15.7. The quantitative estimate of drug-likeness (QED) is 0.107. The van der Waals surface area contributed by atoms with Crippen LogP contribution in [-0.4, -0.2) is 89.2 Å². The second kappa shape index (κ2) is 17.0. The smallest absolute Gasteiger partial charge is 0.323 e. The number of methoxy groups -OCH3 is 2. The lowest BCUT2D eigenvalue weighted by atomic mass is 9.92. The fourth-order valence-electron chi connectivity index (χ4n) is 6.55. The van der Waals surface area contributed by atoms with Crippen LogP contribution in [0.2, 0.25) is 0 Å². The predicted molar refractivity (Wildman–Crippen MR) is 197 cm³/mol. The maximum atomic E-state index is 15.8. The van der Waals surface area contributed by atoms with E-state index >= 15 is 4.39 Å². The molecule has 270 valence electrons. The van der Waals surface area contributed by atoms with E-state index in [1.54, 1.807) is 32.4 Å². The van der Waals surface area contributed by atoms with Gasteiger partial charge in [0.25, 0.3) is 0 Å². The summed E-state index contributed by atoms with van der Waals surface area (Å²) >= 11 is 0. The van der Waals surface area contributed by atoms with Gasteiger partial charge in [0.15, 0.2) is 0 Å². The number of nitrogens with zero attached hydrogens (tertiary/aromatic N) is 3. The third-order valence-corrected chi connectivity index (χ3v) is 9.54. The van der Waals surface area contributed by atoms with E-state index < -0.39 is 24.4 Å². The van der Waals surface area contributed by atoms with Crippen LogP contribution in [0.25, 0.3) is 23.0 Å². The number of anilines is 2. The number of β-amino-alcohol motifs (C(OH)–C–C–N with tert-alkyl or cyclic N) is 1. The summed E-state index contributed by atoms with van der Waals surface area (Å²) in [5.41, 5.74) is 8.64. The minimum absolute atomic E-state index is 0.195. The first-order chi connectivity index (χ1) is 24.5. The Labute approximate surface area is 298 Å². The van der Waals surface area contributed by atoms with Crippen LogP contribution < -0.4 is 10.1 Å². The van der Waals surface area contributed by atoms with Gasteiger partial charge in [-0.2, -0.15) is 0 Å². The maximum Gasteiger partial charge on any atom is 0.323 e. The number of nitrogens with one attached hydrogen (secondary N) is 1. The molecule has 0 radical (unpaired) electrons. The minimum Gasteiger partial charge on any atom is -0.496 e. The first kappa shape index (κ1) is 37.6. The van der Waals surface area contributed by atoms with Gasteiger partial charge in [0, 0.05) is 56.3 Å². The van der Waals surface area contributed by atoms with E-state index in [9.17, 15) is 20.1 Å². The van der Waals surface area contributed by atoms with E-state index in [4.69, 9.17) is 14.5 Å². The number of carboxylic acid groups (broad SMARTS) is 1. The number of aliphatic hydroxyl groups excluding tert-OH is 2. The molecule has 0 amide bonds. The highest BCUT2D eigenvalue weighted by Crippen LogP contribution is 2.35. The topological polar surface area (TPSA) is 128 Å². The lowest BCUT2D eigenvalue weighted by molar-refractivity contribution is -0.144. The van der Waals surface area contributed by atoms with E-state index in [0.29, 0.717) is 42.4 Å². The number of aliphatic carboxylic acids is 1. The molecule has 2 atom stereocenters. The lowest BCUT2D eigenvalue weighted by Crippen LogP contribution is -2.40. The highest BCUT2D eigenvalue weighted by atomic mass is 19.1. The summed E-state index contributed by atoms with van der Waals surface area (Å²) in [5.74, 6) is -0.455. The number of aromatic nitrogens is 1. The molecule has 4 N–H and O–H groups in total. The molecule has 1 aliphatic heterocycles. The van der Waals surface area contributed by atoms with Crippen LogP contribution in [0.4, 0.5) is 15.9 Å². The molecule has 1 aliphatic rings. The summed E-state index contributed by atoms with van der Waals surface area (Å²) in [6, 6.07) is 17.8. The van der Waals surface area contributed by atoms with E-state index in [1.165, 1.54) is 18.1 Å². The molecule has 1 saturated heterocycles. The Morgan fingerprint density at radius 1 is 1.08 bits per heavy atom. The van der Waals surface area contributed by atoms with Gasteiger partial charge in [0.1, 0.15) is 23.4 Å². The average Bonchev–Trinajstić information content (AvgIpc) is 3.52. The summed E-state index contributed by atoms with van der Waals surface area (Å²) in [7, 11) is 4.76. The minimum atomic E-state index is -1.13. The van der Waals surface area contributed by atoms with Crippen LogP contribution in [0.15, 0.2) is 66.9 Å². The standard InChI is InChI=1S/C40H47FN4O6/c1-25-27(16-35(41)28-12-13-29(38(17-28)51-5)20-44(3)37(23-46)40(48)49)8-6-9-33(25)34-10-7-11-36(26(34)2)43-39-18-30(24-50-4)31(19-42-39)21-45-15-14-32(47)22-45/h6-13,16-19,32,37,46-47H,14-15,20-24H2,1-5H3,(H,42,43)(H,48,49)/b35-16-/t32-,37+/m0/s1. The van der Waals surface area contributed by atoms with Gasteiger partial charge in [0.05, 0.1) is 26.4 Å². The van der Waals surface area contributed by atoms with Crippen molar-refractivity contribution in [2.75, 3.05) is 46.3 Å². The molecular formula is C40H47FN4O6. The Balaban J connectivity index is 1.37. The molecule has 11 heteroatoms. The van der Waals surface area contributed by atoms with Gasteiger partial charge in [-0.3, -0.25) is 14.6 Å². The van der Waals surface area contributed by atoms with Crippen molar-refractivity contribution in [1.29, 1.82) is 0 Å². The lowest BCUT2D eigenvalue weighted by Gasteiger charge is -2.23. The first-order valence-electron chi connectivity index (χ1n) is 16.9. The molecule has 2 heterocycles. The average molecular weight is 699 g/mol. The number of pyridine rings is 1. The molecule has 0 bridgehead atoms. The number of hydrogen-bond donors (Lipinski definition) is 4. The van der Waals surface area contributed by atoms with Gasteiger partial charge in [-0.05, 0) is 90.5 Å². The van der Waals surface area contributed by atoms with E-state index in [1.807, 2.05) is 56.4 Å². The predicted octanol–water partition coefficient (Wildman–Crippen LogP) is 6.18. The second-order valence-electron chi connectivity index (χ2n) is 13.0. The van der Waals surface area contributed by atoms with Gasteiger partial charge in [0.2, 0.25) is 0 Å². The Morgan fingerprint density at radius 2 is 1.82 bits per heavy atom. The van der Waals surface area contributed by atoms with Crippen LogP contribution in [0.5, 0.6) is 5.75 Å². The molecule has 0 saturated carbocycles. The van der Waals surface area contributed by atoms with E-state index in [2.05, 4.69) is 16.3 Å². The fraction of sp³-hybridized carbons (Fsp3) is 0.350. The summed E-state index contributed by atoms with van der Waals surface area (Å²) < 4.78 is 26.8. The summed E-state index contributed by atoms with van der Waals surface area (Å²) in [4.78, 5) is 19.9. The zero-order valence-electron chi connectivity index (χ0n) is 29.8. The molecule has 3 aromatic carbocycles. The number of carbonyl (C=O) groups is 1. The molecule has 1 fully saturated rings.